The van der Waals surface area contributed by atoms with Gasteiger partial charge in [0.1, 0.15) is 17.2 Å². The number of urea groups is 1. The molecule has 1 aliphatic rings. The van der Waals surface area contributed by atoms with E-state index in [0.717, 1.165) is 10.6 Å². The second-order valence-corrected chi connectivity index (χ2v) is 9.78. The zero-order chi connectivity index (χ0) is 25.1. The fourth-order valence-electron chi connectivity index (χ4n) is 3.41. The molecule has 0 aliphatic carbocycles. The summed E-state index contributed by atoms with van der Waals surface area (Å²) in [6, 6.07) is 2.43. The number of hydrogen-bond donors (Lipinski definition) is 3. The monoisotopic (exact) mass is 502 g/mol. The van der Waals surface area contributed by atoms with E-state index >= 15 is 0 Å². The van der Waals surface area contributed by atoms with Gasteiger partial charge >= 0.3 is 12.2 Å². The number of primary amides is 1. The van der Waals surface area contributed by atoms with Crippen LogP contribution in [0.2, 0.25) is 0 Å². The number of nitrogens with zero attached hydrogens (tertiary/aromatic N) is 5. The Labute approximate surface area is 194 Å². The van der Waals surface area contributed by atoms with Crippen LogP contribution in [0.4, 0.5) is 35.5 Å². The fraction of sp³-hybridized carbons (Fsp3) is 0.474. The van der Waals surface area contributed by atoms with E-state index in [1.54, 1.807) is 12.1 Å². The molecule has 0 radical (unpaired) electrons. The second-order valence-electron chi connectivity index (χ2n) is 7.77. The van der Waals surface area contributed by atoms with E-state index < -0.39 is 33.6 Å². The highest BCUT2D eigenvalue weighted by molar-refractivity contribution is 7.92. The van der Waals surface area contributed by atoms with Crippen molar-refractivity contribution in [3.05, 3.63) is 35.7 Å². The Kier molecular flexibility index (Phi) is 7.33. The topological polar surface area (TPSA) is 146 Å². The molecule has 0 atom stereocenters. The Morgan fingerprint density at radius 1 is 1.29 bits per heavy atom. The first-order chi connectivity index (χ1) is 15.9. The first-order valence-corrected chi connectivity index (χ1v) is 12.1. The Morgan fingerprint density at radius 3 is 2.56 bits per heavy atom. The van der Waals surface area contributed by atoms with Crippen molar-refractivity contribution in [2.24, 2.45) is 5.73 Å². The van der Waals surface area contributed by atoms with Gasteiger partial charge in [-0.05, 0) is 18.9 Å². The molecule has 1 aliphatic heterocycles. The molecule has 0 spiro atoms. The van der Waals surface area contributed by atoms with E-state index in [4.69, 9.17) is 5.73 Å². The van der Waals surface area contributed by atoms with Gasteiger partial charge in [0, 0.05) is 50.7 Å². The van der Waals surface area contributed by atoms with Gasteiger partial charge < -0.3 is 21.3 Å². The molecule has 1 fully saturated rings. The minimum absolute atomic E-state index is 0.00677. The molecule has 0 saturated carbocycles. The van der Waals surface area contributed by atoms with Gasteiger partial charge in [0.25, 0.3) is 0 Å². The van der Waals surface area contributed by atoms with Crippen LogP contribution in [0.3, 0.4) is 0 Å². The summed E-state index contributed by atoms with van der Waals surface area (Å²) in [5.74, 6) is -0.385. The normalized spacial score (nSPS) is 15.1. The van der Waals surface area contributed by atoms with Crippen molar-refractivity contribution in [1.29, 1.82) is 0 Å². The molecule has 0 bridgehead atoms. The molecule has 2 aromatic rings. The molecular weight excluding hydrogens is 477 g/mol. The van der Waals surface area contributed by atoms with Gasteiger partial charge in [-0.2, -0.15) is 18.2 Å². The zero-order valence-corrected chi connectivity index (χ0v) is 19.3. The van der Waals surface area contributed by atoms with Gasteiger partial charge in [-0.3, -0.25) is 4.31 Å². The van der Waals surface area contributed by atoms with Gasteiger partial charge in [-0.25, -0.2) is 23.2 Å². The van der Waals surface area contributed by atoms with Crippen molar-refractivity contribution < 1.29 is 26.4 Å². The van der Waals surface area contributed by atoms with Crippen LogP contribution in [0.1, 0.15) is 24.0 Å². The number of nitrogens with two attached hydrogens (primary N) is 1. The summed E-state index contributed by atoms with van der Waals surface area (Å²) in [5, 5.41) is 5.64. The van der Waals surface area contributed by atoms with Crippen LogP contribution in [0.15, 0.2) is 24.5 Å². The van der Waals surface area contributed by atoms with Gasteiger partial charge in [0.2, 0.25) is 16.0 Å². The lowest BCUT2D eigenvalue weighted by Gasteiger charge is -2.31. The minimum atomic E-state index is -4.71. The molecule has 11 nitrogen and oxygen atoms in total. The lowest BCUT2D eigenvalue weighted by atomic mass is 10.1. The molecule has 15 heteroatoms. The molecule has 3 heterocycles. The van der Waals surface area contributed by atoms with Crippen LogP contribution in [-0.2, 0) is 22.7 Å². The van der Waals surface area contributed by atoms with Crippen molar-refractivity contribution in [3.8, 4) is 0 Å². The van der Waals surface area contributed by atoms with E-state index in [1.165, 1.54) is 18.1 Å². The SMILES string of the molecule is CN(c1ncccc1CNc1nc(NC2CCN(C(N)=O)CC2)ncc1C(F)(F)F)S(C)(=O)=O. The smallest absolute Gasteiger partial charge is 0.365 e. The largest absolute Gasteiger partial charge is 0.421 e. The summed E-state index contributed by atoms with van der Waals surface area (Å²) in [6.45, 7) is 0.659. The van der Waals surface area contributed by atoms with E-state index in [2.05, 4.69) is 25.6 Å². The summed E-state index contributed by atoms with van der Waals surface area (Å²) in [6.07, 6.45) is -0.577. The minimum Gasteiger partial charge on any atom is -0.365 e. The molecule has 0 unspecified atom stereocenters. The van der Waals surface area contributed by atoms with Gasteiger partial charge in [0.05, 0.1) is 6.26 Å². The quantitative estimate of drug-likeness (QED) is 0.520. The Balaban J connectivity index is 1.80. The second kappa shape index (κ2) is 9.87. The number of anilines is 3. The lowest BCUT2D eigenvalue weighted by Crippen LogP contribution is -2.44. The number of carbonyl (C=O) groups is 1. The third kappa shape index (κ3) is 6.15. The van der Waals surface area contributed by atoms with E-state index in [-0.39, 0.29) is 24.4 Å². The molecule has 0 aromatic carbocycles. The van der Waals surface area contributed by atoms with Crippen LogP contribution >= 0.6 is 0 Å². The van der Waals surface area contributed by atoms with E-state index in [9.17, 15) is 26.4 Å². The maximum Gasteiger partial charge on any atom is 0.421 e. The molecule has 3 rings (SSSR count). The number of rotatable bonds is 7. The number of pyridine rings is 1. The predicted octanol–water partition coefficient (Wildman–Crippen LogP) is 1.85. The Bertz CT molecular complexity index is 1140. The average Bonchev–Trinajstić information content (AvgIpc) is 2.76. The molecular formula is C19H25F3N8O3S. The summed E-state index contributed by atoms with van der Waals surface area (Å²) in [7, 11) is -2.33. The van der Waals surface area contributed by atoms with Crippen LogP contribution in [0, 0.1) is 0 Å². The van der Waals surface area contributed by atoms with Crippen LogP contribution in [0.5, 0.6) is 0 Å². The maximum absolute atomic E-state index is 13.6. The summed E-state index contributed by atoms with van der Waals surface area (Å²) < 4.78 is 65.4. The number of sulfonamides is 1. The van der Waals surface area contributed by atoms with Gasteiger partial charge in [-0.1, -0.05) is 6.07 Å². The third-order valence-electron chi connectivity index (χ3n) is 5.34. The zero-order valence-electron chi connectivity index (χ0n) is 18.5. The van der Waals surface area contributed by atoms with Crippen LogP contribution in [0.25, 0.3) is 0 Å². The highest BCUT2D eigenvalue weighted by Gasteiger charge is 2.35. The first-order valence-electron chi connectivity index (χ1n) is 10.2. The number of carbonyl (C=O) groups excluding carboxylic acids is 1. The van der Waals surface area contributed by atoms with Crippen molar-refractivity contribution in [2.45, 2.75) is 31.6 Å². The number of aromatic nitrogens is 3. The lowest BCUT2D eigenvalue weighted by molar-refractivity contribution is -0.137. The number of likely N-dealkylation sites (tertiary alicyclic amines) is 1. The van der Waals surface area contributed by atoms with Crippen molar-refractivity contribution in [1.82, 2.24) is 19.9 Å². The average molecular weight is 503 g/mol. The van der Waals surface area contributed by atoms with Crippen LogP contribution in [-0.4, -0.2) is 66.7 Å². The number of amides is 2. The van der Waals surface area contributed by atoms with Crippen molar-refractivity contribution in [3.63, 3.8) is 0 Å². The van der Waals surface area contributed by atoms with E-state index in [0.29, 0.717) is 37.7 Å². The van der Waals surface area contributed by atoms with Crippen molar-refractivity contribution >= 4 is 33.6 Å². The third-order valence-corrected chi connectivity index (χ3v) is 6.51. The molecule has 1 saturated heterocycles. The maximum atomic E-state index is 13.6. The summed E-state index contributed by atoms with van der Waals surface area (Å²) in [5.41, 5.74) is 4.55. The number of alkyl halides is 3. The van der Waals surface area contributed by atoms with E-state index in [1.807, 2.05) is 0 Å². The first kappa shape index (κ1) is 25.3. The highest BCUT2D eigenvalue weighted by Crippen LogP contribution is 2.34. The van der Waals surface area contributed by atoms with Crippen LogP contribution < -0.4 is 20.7 Å². The molecule has 4 N–H and O–H groups in total. The standard InChI is InChI=1S/C19H25F3N8O3S/c1-29(34(2,32)33)16-12(4-3-7-24-16)10-25-15-14(19(20,21)22)11-26-18(28-15)27-13-5-8-30(9-6-13)17(23)31/h3-4,7,11,13H,5-6,8-10H2,1-2H3,(H2,23,31)(H2,25,26,27,28). The summed E-state index contributed by atoms with van der Waals surface area (Å²) in [4.78, 5) is 24.6. The Morgan fingerprint density at radius 2 is 1.97 bits per heavy atom. The molecule has 2 aromatic heterocycles. The fourth-order valence-corrected chi connectivity index (χ4v) is 3.89. The van der Waals surface area contributed by atoms with Gasteiger partial charge in [0.15, 0.2) is 0 Å². The summed E-state index contributed by atoms with van der Waals surface area (Å²) >= 11 is 0. The Hall–Kier alpha value is -3.36. The highest BCUT2D eigenvalue weighted by atomic mass is 32.2. The number of nitrogens with one attached hydrogen (secondary N) is 2. The number of halogens is 3. The predicted molar refractivity (Wildman–Crippen MR) is 120 cm³/mol. The molecule has 186 valence electrons. The van der Waals surface area contributed by atoms with Gasteiger partial charge in [-0.15, -0.1) is 0 Å². The van der Waals surface area contributed by atoms with Crippen molar-refractivity contribution in [2.75, 3.05) is 41.3 Å². The number of piperidine rings is 1. The molecule has 2 amide bonds. The molecule has 34 heavy (non-hydrogen) atoms. The number of hydrogen-bond acceptors (Lipinski definition) is 8.